The maximum atomic E-state index is 3.78. The van der Waals surface area contributed by atoms with Crippen LogP contribution in [0.4, 0.5) is 5.69 Å². The molecule has 0 fully saturated rings. The maximum absolute atomic E-state index is 3.78. The largest absolute Gasteiger partial charge is 0.378 e. The molecule has 1 atom stereocenters. The van der Waals surface area contributed by atoms with Crippen LogP contribution in [-0.2, 0) is 0 Å². The van der Waals surface area contributed by atoms with E-state index >= 15 is 0 Å². The molecular formula is C12H17N. The van der Waals surface area contributed by atoms with Gasteiger partial charge in [-0.15, -0.1) is 6.58 Å². The highest BCUT2D eigenvalue weighted by Gasteiger charge is 2.00. The Morgan fingerprint density at radius 3 is 2.15 bits per heavy atom. The standard InChI is InChI=1S/C12H17N/c1-5-10(2)11-6-8-12(9-7-11)13(3)4/h5-10H,1H2,2-4H3. The Bertz CT molecular complexity index is 272. The monoisotopic (exact) mass is 175 g/mol. The van der Waals surface area contributed by atoms with E-state index < -0.39 is 0 Å². The van der Waals surface area contributed by atoms with Gasteiger partial charge >= 0.3 is 0 Å². The molecule has 0 aromatic heterocycles. The minimum absolute atomic E-state index is 0.441. The Labute approximate surface area is 80.7 Å². The lowest BCUT2D eigenvalue weighted by molar-refractivity contribution is 0.969. The van der Waals surface area contributed by atoms with Crippen LogP contribution in [-0.4, -0.2) is 14.1 Å². The van der Waals surface area contributed by atoms with E-state index in [1.807, 2.05) is 20.2 Å². The van der Waals surface area contributed by atoms with Crippen LogP contribution in [0, 0.1) is 0 Å². The van der Waals surface area contributed by atoms with Crippen molar-refractivity contribution >= 4 is 5.69 Å². The van der Waals surface area contributed by atoms with Crippen molar-refractivity contribution in [2.45, 2.75) is 12.8 Å². The van der Waals surface area contributed by atoms with Crippen molar-refractivity contribution in [1.29, 1.82) is 0 Å². The molecule has 1 aromatic rings. The van der Waals surface area contributed by atoms with Gasteiger partial charge in [0, 0.05) is 19.8 Å². The predicted molar refractivity (Wildman–Crippen MR) is 59.4 cm³/mol. The van der Waals surface area contributed by atoms with E-state index in [0.717, 1.165) is 0 Å². The Hall–Kier alpha value is -1.24. The van der Waals surface area contributed by atoms with Crippen molar-refractivity contribution in [2.24, 2.45) is 0 Å². The summed E-state index contributed by atoms with van der Waals surface area (Å²) < 4.78 is 0. The van der Waals surface area contributed by atoms with Gasteiger partial charge in [0.25, 0.3) is 0 Å². The Morgan fingerprint density at radius 1 is 1.23 bits per heavy atom. The van der Waals surface area contributed by atoms with Crippen LogP contribution in [0.1, 0.15) is 18.4 Å². The summed E-state index contributed by atoms with van der Waals surface area (Å²) in [5.41, 5.74) is 2.56. The van der Waals surface area contributed by atoms with Crippen LogP contribution >= 0.6 is 0 Å². The summed E-state index contributed by atoms with van der Waals surface area (Å²) in [5.74, 6) is 0.441. The lowest BCUT2D eigenvalue weighted by atomic mass is 10.0. The van der Waals surface area contributed by atoms with Crippen LogP contribution < -0.4 is 4.90 Å². The van der Waals surface area contributed by atoms with Crippen molar-refractivity contribution in [2.75, 3.05) is 19.0 Å². The fourth-order valence-electron chi connectivity index (χ4n) is 1.21. The molecule has 1 aromatic carbocycles. The zero-order valence-corrected chi connectivity index (χ0v) is 8.62. The van der Waals surface area contributed by atoms with Gasteiger partial charge < -0.3 is 4.90 Å². The van der Waals surface area contributed by atoms with Gasteiger partial charge in [-0.25, -0.2) is 0 Å². The first-order valence-corrected chi connectivity index (χ1v) is 4.55. The second-order valence-corrected chi connectivity index (χ2v) is 3.51. The van der Waals surface area contributed by atoms with E-state index in [1.165, 1.54) is 11.3 Å². The molecule has 0 saturated carbocycles. The molecule has 0 aliphatic rings. The molecule has 1 nitrogen and oxygen atoms in total. The first kappa shape index (κ1) is 9.85. The molecule has 1 unspecified atom stereocenters. The Morgan fingerprint density at radius 2 is 1.77 bits per heavy atom. The van der Waals surface area contributed by atoms with Crippen LogP contribution in [0.25, 0.3) is 0 Å². The van der Waals surface area contributed by atoms with Crippen LogP contribution in [0.2, 0.25) is 0 Å². The molecule has 0 amide bonds. The minimum atomic E-state index is 0.441. The SMILES string of the molecule is C=CC(C)c1ccc(N(C)C)cc1. The second-order valence-electron chi connectivity index (χ2n) is 3.51. The number of nitrogens with zero attached hydrogens (tertiary/aromatic N) is 1. The van der Waals surface area contributed by atoms with Gasteiger partial charge in [-0.2, -0.15) is 0 Å². The lowest BCUT2D eigenvalue weighted by Crippen LogP contribution is -2.08. The fraction of sp³-hybridized carbons (Fsp3) is 0.333. The highest BCUT2D eigenvalue weighted by Crippen LogP contribution is 2.19. The summed E-state index contributed by atoms with van der Waals surface area (Å²) in [6, 6.07) is 8.58. The van der Waals surface area contributed by atoms with Gasteiger partial charge in [-0.3, -0.25) is 0 Å². The molecule has 13 heavy (non-hydrogen) atoms. The van der Waals surface area contributed by atoms with Gasteiger partial charge in [-0.05, 0) is 23.6 Å². The molecular weight excluding hydrogens is 158 g/mol. The van der Waals surface area contributed by atoms with Gasteiger partial charge in [0.1, 0.15) is 0 Å². The molecule has 1 rings (SSSR count). The van der Waals surface area contributed by atoms with Gasteiger partial charge in [0.15, 0.2) is 0 Å². The number of hydrogen-bond donors (Lipinski definition) is 0. The molecule has 0 spiro atoms. The van der Waals surface area contributed by atoms with Gasteiger partial charge in [0.2, 0.25) is 0 Å². The first-order chi connectivity index (χ1) is 6.15. The number of rotatable bonds is 3. The molecule has 70 valence electrons. The van der Waals surface area contributed by atoms with E-state index in [2.05, 4.69) is 42.7 Å². The average molecular weight is 175 g/mol. The molecule has 0 aliphatic carbocycles. The van der Waals surface area contributed by atoms with Crippen molar-refractivity contribution < 1.29 is 0 Å². The third-order valence-electron chi connectivity index (χ3n) is 2.29. The summed E-state index contributed by atoms with van der Waals surface area (Å²) in [6.07, 6.45) is 1.96. The summed E-state index contributed by atoms with van der Waals surface area (Å²) >= 11 is 0. The smallest absolute Gasteiger partial charge is 0.0361 e. The third-order valence-corrected chi connectivity index (χ3v) is 2.29. The van der Waals surface area contributed by atoms with Gasteiger partial charge in [-0.1, -0.05) is 25.1 Å². The van der Waals surface area contributed by atoms with Crippen molar-refractivity contribution in [1.82, 2.24) is 0 Å². The van der Waals surface area contributed by atoms with E-state index in [9.17, 15) is 0 Å². The average Bonchev–Trinajstić information content (AvgIpc) is 2.17. The van der Waals surface area contributed by atoms with Crippen molar-refractivity contribution in [3.63, 3.8) is 0 Å². The van der Waals surface area contributed by atoms with Crippen molar-refractivity contribution in [3.05, 3.63) is 42.5 Å². The highest BCUT2D eigenvalue weighted by atomic mass is 15.1. The fourth-order valence-corrected chi connectivity index (χ4v) is 1.21. The number of hydrogen-bond acceptors (Lipinski definition) is 1. The third kappa shape index (κ3) is 2.35. The number of anilines is 1. The van der Waals surface area contributed by atoms with E-state index in [1.54, 1.807) is 0 Å². The highest BCUT2D eigenvalue weighted by molar-refractivity contribution is 5.46. The summed E-state index contributed by atoms with van der Waals surface area (Å²) in [7, 11) is 4.10. The van der Waals surface area contributed by atoms with Crippen LogP contribution in [0.5, 0.6) is 0 Å². The quantitative estimate of drug-likeness (QED) is 0.638. The molecule has 0 radical (unpaired) electrons. The van der Waals surface area contributed by atoms with E-state index in [4.69, 9.17) is 0 Å². The zero-order chi connectivity index (χ0) is 9.84. The Kier molecular flexibility index (Phi) is 3.13. The van der Waals surface area contributed by atoms with Crippen molar-refractivity contribution in [3.8, 4) is 0 Å². The van der Waals surface area contributed by atoms with E-state index in [0.29, 0.717) is 5.92 Å². The number of benzene rings is 1. The van der Waals surface area contributed by atoms with Gasteiger partial charge in [0.05, 0.1) is 0 Å². The predicted octanol–water partition coefficient (Wildman–Crippen LogP) is 3.04. The summed E-state index contributed by atoms with van der Waals surface area (Å²) in [5, 5.41) is 0. The first-order valence-electron chi connectivity index (χ1n) is 4.55. The van der Waals surface area contributed by atoms with Crippen LogP contribution in [0.3, 0.4) is 0 Å². The lowest BCUT2D eigenvalue weighted by Gasteiger charge is -2.13. The zero-order valence-electron chi connectivity index (χ0n) is 8.62. The van der Waals surface area contributed by atoms with Crippen LogP contribution in [0.15, 0.2) is 36.9 Å². The molecule has 0 heterocycles. The molecule has 0 aliphatic heterocycles. The normalized spacial score (nSPS) is 12.2. The summed E-state index contributed by atoms with van der Waals surface area (Å²) in [4.78, 5) is 2.10. The Balaban J connectivity index is 2.87. The molecule has 0 saturated heterocycles. The second kappa shape index (κ2) is 4.13. The topological polar surface area (TPSA) is 3.24 Å². The maximum Gasteiger partial charge on any atom is 0.0361 e. The molecule has 0 bridgehead atoms. The summed E-state index contributed by atoms with van der Waals surface area (Å²) in [6.45, 7) is 5.93. The van der Waals surface area contributed by atoms with E-state index in [-0.39, 0.29) is 0 Å². The molecule has 0 N–H and O–H groups in total. The molecule has 1 heteroatoms. The minimum Gasteiger partial charge on any atom is -0.378 e. The number of allylic oxidation sites excluding steroid dienone is 1.